The number of primary amides is 1. The van der Waals surface area contributed by atoms with Crippen molar-refractivity contribution in [1.82, 2.24) is 5.32 Å². The van der Waals surface area contributed by atoms with E-state index in [2.05, 4.69) is 25.2 Å². The van der Waals surface area contributed by atoms with E-state index in [1.54, 1.807) is 0 Å². The van der Waals surface area contributed by atoms with Gasteiger partial charge in [0.25, 0.3) is 5.91 Å². The standard InChI is InChI=1S/C14H24N2O3/c1-10(2)6-5-7-11(3)8-9-16-14(18)19-12(4)13(15)17/h6,8,12H,5,7,9H2,1-4H3,(H2,15,17)(H,16,18)/b11-8+/t12-/m0/s1. The van der Waals surface area contributed by atoms with E-state index in [9.17, 15) is 9.59 Å². The van der Waals surface area contributed by atoms with Crippen LogP contribution in [0.1, 0.15) is 40.5 Å². The Bertz CT molecular complexity index is 369. The van der Waals surface area contributed by atoms with Crippen LogP contribution in [-0.2, 0) is 9.53 Å². The van der Waals surface area contributed by atoms with E-state index in [1.807, 2.05) is 13.0 Å². The third-order valence-electron chi connectivity index (χ3n) is 2.47. The van der Waals surface area contributed by atoms with Gasteiger partial charge in [-0.3, -0.25) is 4.79 Å². The van der Waals surface area contributed by atoms with Gasteiger partial charge in [-0.25, -0.2) is 4.79 Å². The molecule has 0 aromatic heterocycles. The number of alkyl carbamates (subject to hydrolysis) is 1. The second-order valence-corrected chi connectivity index (χ2v) is 4.70. The fraction of sp³-hybridized carbons (Fsp3) is 0.571. The predicted molar refractivity (Wildman–Crippen MR) is 75.6 cm³/mol. The molecule has 0 aromatic rings. The first-order valence-electron chi connectivity index (χ1n) is 6.35. The van der Waals surface area contributed by atoms with Crippen LogP contribution in [0.4, 0.5) is 4.79 Å². The second-order valence-electron chi connectivity index (χ2n) is 4.70. The highest BCUT2D eigenvalue weighted by Crippen LogP contribution is 2.05. The Morgan fingerprint density at radius 3 is 2.42 bits per heavy atom. The predicted octanol–water partition coefficient (Wildman–Crippen LogP) is 2.28. The lowest BCUT2D eigenvalue weighted by Gasteiger charge is -2.09. The average molecular weight is 268 g/mol. The Morgan fingerprint density at radius 1 is 1.26 bits per heavy atom. The van der Waals surface area contributed by atoms with Crippen molar-refractivity contribution in [2.75, 3.05) is 6.54 Å². The van der Waals surface area contributed by atoms with Gasteiger partial charge in [0.05, 0.1) is 0 Å². The van der Waals surface area contributed by atoms with Gasteiger partial charge in [0.1, 0.15) is 0 Å². The summed E-state index contributed by atoms with van der Waals surface area (Å²) in [5.74, 6) is -0.663. The molecule has 19 heavy (non-hydrogen) atoms. The van der Waals surface area contributed by atoms with Crippen LogP contribution >= 0.6 is 0 Å². The minimum atomic E-state index is -0.914. The Labute approximate surface area is 114 Å². The normalized spacial score (nSPS) is 12.5. The van der Waals surface area contributed by atoms with E-state index in [4.69, 9.17) is 10.5 Å². The van der Waals surface area contributed by atoms with Crippen molar-refractivity contribution in [3.63, 3.8) is 0 Å². The molecule has 0 spiro atoms. The zero-order valence-electron chi connectivity index (χ0n) is 12.2. The molecule has 0 saturated carbocycles. The molecule has 0 unspecified atom stereocenters. The third kappa shape index (κ3) is 9.88. The van der Waals surface area contributed by atoms with E-state index >= 15 is 0 Å². The van der Waals surface area contributed by atoms with E-state index < -0.39 is 18.1 Å². The molecule has 0 aliphatic heterocycles. The fourth-order valence-corrected chi connectivity index (χ4v) is 1.26. The minimum absolute atomic E-state index is 0.380. The van der Waals surface area contributed by atoms with Gasteiger partial charge in [0, 0.05) is 6.54 Å². The second kappa shape index (κ2) is 9.19. The molecule has 1 atom stereocenters. The molecule has 0 fully saturated rings. The lowest BCUT2D eigenvalue weighted by atomic mass is 10.1. The maximum Gasteiger partial charge on any atom is 0.408 e. The molecule has 0 heterocycles. The van der Waals surface area contributed by atoms with Crippen molar-refractivity contribution in [1.29, 1.82) is 0 Å². The highest BCUT2D eigenvalue weighted by atomic mass is 16.6. The summed E-state index contributed by atoms with van der Waals surface area (Å²) in [7, 11) is 0. The molecule has 0 aliphatic carbocycles. The first kappa shape index (κ1) is 17.2. The van der Waals surface area contributed by atoms with Gasteiger partial charge in [-0.05, 0) is 40.5 Å². The Balaban J connectivity index is 3.90. The number of hydrogen-bond acceptors (Lipinski definition) is 3. The molecular weight excluding hydrogens is 244 g/mol. The number of amides is 2. The molecule has 0 rings (SSSR count). The Morgan fingerprint density at radius 2 is 1.89 bits per heavy atom. The van der Waals surface area contributed by atoms with Gasteiger partial charge in [-0.1, -0.05) is 23.3 Å². The quantitative estimate of drug-likeness (QED) is 0.695. The zero-order chi connectivity index (χ0) is 14.8. The number of rotatable bonds is 7. The maximum absolute atomic E-state index is 11.3. The third-order valence-corrected chi connectivity index (χ3v) is 2.47. The Kier molecular flexibility index (Phi) is 8.33. The number of hydrogen-bond donors (Lipinski definition) is 2. The van der Waals surface area contributed by atoms with Gasteiger partial charge in [-0.15, -0.1) is 0 Å². The van der Waals surface area contributed by atoms with Crippen molar-refractivity contribution in [3.05, 3.63) is 23.3 Å². The molecule has 2 amide bonds. The highest BCUT2D eigenvalue weighted by Gasteiger charge is 2.13. The minimum Gasteiger partial charge on any atom is -0.436 e. The monoisotopic (exact) mass is 268 g/mol. The van der Waals surface area contributed by atoms with Crippen LogP contribution in [-0.4, -0.2) is 24.6 Å². The zero-order valence-corrected chi connectivity index (χ0v) is 12.2. The summed E-state index contributed by atoms with van der Waals surface area (Å²) in [6.07, 6.45) is 4.50. The van der Waals surface area contributed by atoms with Gasteiger partial charge >= 0.3 is 6.09 Å². The first-order valence-corrected chi connectivity index (χ1v) is 6.35. The largest absolute Gasteiger partial charge is 0.436 e. The summed E-state index contributed by atoms with van der Waals surface area (Å²) in [5.41, 5.74) is 7.48. The number of allylic oxidation sites excluding steroid dienone is 3. The summed E-state index contributed by atoms with van der Waals surface area (Å²) in [5, 5.41) is 2.54. The molecule has 0 aromatic carbocycles. The van der Waals surface area contributed by atoms with Gasteiger partial charge in [0.2, 0.25) is 0 Å². The van der Waals surface area contributed by atoms with Gasteiger partial charge < -0.3 is 15.8 Å². The van der Waals surface area contributed by atoms with E-state index in [0.29, 0.717) is 6.54 Å². The number of carbonyl (C=O) groups is 2. The smallest absolute Gasteiger partial charge is 0.408 e. The van der Waals surface area contributed by atoms with E-state index in [1.165, 1.54) is 18.1 Å². The summed E-state index contributed by atoms with van der Waals surface area (Å²) in [6.45, 7) is 7.96. The van der Waals surface area contributed by atoms with Crippen molar-refractivity contribution in [2.45, 2.75) is 46.6 Å². The molecule has 5 heteroatoms. The number of ether oxygens (including phenoxy) is 1. The number of nitrogens with one attached hydrogen (secondary N) is 1. The maximum atomic E-state index is 11.3. The lowest BCUT2D eigenvalue weighted by Crippen LogP contribution is -2.35. The summed E-state index contributed by atoms with van der Waals surface area (Å²) < 4.78 is 4.74. The highest BCUT2D eigenvalue weighted by molar-refractivity contribution is 5.81. The Hall–Kier alpha value is -1.78. The SMILES string of the molecule is CC(C)=CCC/C(C)=C/CNC(=O)O[C@@H](C)C(N)=O. The summed E-state index contributed by atoms with van der Waals surface area (Å²) in [6, 6.07) is 0. The molecule has 108 valence electrons. The van der Waals surface area contributed by atoms with Crippen LogP contribution in [0.15, 0.2) is 23.3 Å². The van der Waals surface area contributed by atoms with Crippen LogP contribution in [0.5, 0.6) is 0 Å². The van der Waals surface area contributed by atoms with E-state index in [0.717, 1.165) is 12.8 Å². The molecule has 5 nitrogen and oxygen atoms in total. The van der Waals surface area contributed by atoms with Crippen LogP contribution < -0.4 is 11.1 Å². The van der Waals surface area contributed by atoms with Crippen LogP contribution in [0, 0.1) is 0 Å². The van der Waals surface area contributed by atoms with Gasteiger partial charge in [-0.2, -0.15) is 0 Å². The molecule has 0 bridgehead atoms. The lowest BCUT2D eigenvalue weighted by molar-refractivity contribution is -0.125. The van der Waals surface area contributed by atoms with E-state index in [-0.39, 0.29) is 0 Å². The number of carbonyl (C=O) groups excluding carboxylic acids is 2. The van der Waals surface area contributed by atoms with Gasteiger partial charge in [0.15, 0.2) is 6.10 Å². The van der Waals surface area contributed by atoms with Crippen molar-refractivity contribution < 1.29 is 14.3 Å². The van der Waals surface area contributed by atoms with Crippen LogP contribution in [0.25, 0.3) is 0 Å². The summed E-state index contributed by atoms with van der Waals surface area (Å²) in [4.78, 5) is 22.0. The topological polar surface area (TPSA) is 81.4 Å². The van der Waals surface area contributed by atoms with Crippen molar-refractivity contribution in [2.24, 2.45) is 5.73 Å². The molecule has 0 saturated heterocycles. The molecule has 0 aliphatic rings. The molecule has 0 radical (unpaired) electrons. The fourth-order valence-electron chi connectivity index (χ4n) is 1.26. The van der Waals surface area contributed by atoms with Crippen LogP contribution in [0.2, 0.25) is 0 Å². The average Bonchev–Trinajstić information content (AvgIpc) is 2.28. The first-order chi connectivity index (χ1) is 8.82. The number of nitrogens with two attached hydrogens (primary N) is 1. The van der Waals surface area contributed by atoms with Crippen molar-refractivity contribution in [3.8, 4) is 0 Å². The molecule has 3 N–H and O–H groups in total. The molecular formula is C14H24N2O3. The van der Waals surface area contributed by atoms with Crippen LogP contribution in [0.3, 0.4) is 0 Å². The van der Waals surface area contributed by atoms with Crippen molar-refractivity contribution >= 4 is 12.0 Å². The summed E-state index contributed by atoms with van der Waals surface area (Å²) >= 11 is 0.